The van der Waals surface area contributed by atoms with E-state index in [1.165, 1.54) is 11.3 Å². The largest absolute Gasteiger partial charge is 0.302 e. The number of rotatable bonds is 6. The minimum atomic E-state index is 0.786. The maximum absolute atomic E-state index is 6.15. The zero-order valence-electron chi connectivity index (χ0n) is 12.3. The monoisotopic (exact) mass is 292 g/mol. The van der Waals surface area contributed by atoms with Crippen molar-refractivity contribution < 1.29 is 0 Å². The highest BCUT2D eigenvalue weighted by Crippen LogP contribution is 2.16. The molecule has 0 amide bonds. The summed E-state index contributed by atoms with van der Waals surface area (Å²) in [6, 6.07) is 1.84. The van der Waals surface area contributed by atoms with Crippen LogP contribution in [0.3, 0.4) is 0 Å². The van der Waals surface area contributed by atoms with E-state index >= 15 is 0 Å². The Kier molecular flexibility index (Phi) is 5.15. The number of aryl methyl sites for hydroxylation is 2. The first-order chi connectivity index (χ1) is 9.58. The number of aromatic amines is 1. The highest BCUT2D eigenvalue weighted by atomic mass is 35.5. The van der Waals surface area contributed by atoms with Crippen LogP contribution in [0, 0.1) is 13.8 Å². The molecular weight excluding hydrogens is 272 g/mol. The van der Waals surface area contributed by atoms with Crippen molar-refractivity contribution in [1.29, 1.82) is 0 Å². The number of hydrogen-bond donors (Lipinski definition) is 1. The molecule has 2 rings (SSSR count). The van der Waals surface area contributed by atoms with E-state index in [1.54, 1.807) is 6.20 Å². The van der Waals surface area contributed by atoms with Crippen molar-refractivity contribution >= 4 is 11.6 Å². The molecule has 20 heavy (non-hydrogen) atoms. The molecule has 0 aliphatic carbocycles. The molecule has 5 heteroatoms. The van der Waals surface area contributed by atoms with Gasteiger partial charge in [-0.1, -0.05) is 11.6 Å². The molecular formula is C15H21ClN4. The number of aromatic nitrogens is 3. The summed E-state index contributed by atoms with van der Waals surface area (Å²) in [6.07, 6.45) is 5.72. The number of pyridine rings is 1. The molecule has 0 atom stereocenters. The number of halogens is 1. The Balaban J connectivity index is 1.81. The fourth-order valence-electron chi connectivity index (χ4n) is 2.36. The molecule has 1 N–H and O–H groups in total. The zero-order chi connectivity index (χ0) is 14.5. The van der Waals surface area contributed by atoms with Crippen molar-refractivity contribution in [3.63, 3.8) is 0 Å². The molecule has 0 radical (unpaired) electrons. The van der Waals surface area contributed by atoms with E-state index in [0.717, 1.165) is 42.2 Å². The van der Waals surface area contributed by atoms with Gasteiger partial charge in [-0.3, -0.25) is 10.1 Å². The van der Waals surface area contributed by atoms with Gasteiger partial charge >= 0.3 is 0 Å². The molecule has 0 spiro atoms. The lowest BCUT2D eigenvalue weighted by Crippen LogP contribution is -2.20. The smallest absolute Gasteiger partial charge is 0.0625 e. The first-order valence-electron chi connectivity index (χ1n) is 6.85. The molecule has 0 saturated carbocycles. The predicted molar refractivity (Wildman–Crippen MR) is 82.0 cm³/mol. The van der Waals surface area contributed by atoms with Crippen molar-refractivity contribution in [2.24, 2.45) is 0 Å². The molecule has 2 aromatic rings. The van der Waals surface area contributed by atoms with Crippen LogP contribution in [-0.2, 0) is 13.0 Å². The predicted octanol–water partition coefficient (Wildman–Crippen LogP) is 3.14. The van der Waals surface area contributed by atoms with Gasteiger partial charge in [-0.05, 0) is 51.9 Å². The van der Waals surface area contributed by atoms with Crippen molar-refractivity contribution in [2.75, 3.05) is 13.6 Å². The van der Waals surface area contributed by atoms with Crippen LogP contribution in [0.15, 0.2) is 18.5 Å². The van der Waals surface area contributed by atoms with Crippen LogP contribution < -0.4 is 0 Å². The van der Waals surface area contributed by atoms with E-state index in [1.807, 2.05) is 12.3 Å². The van der Waals surface area contributed by atoms with Gasteiger partial charge in [0.1, 0.15) is 0 Å². The number of nitrogens with one attached hydrogen (secondary N) is 1. The molecule has 0 aromatic carbocycles. The Bertz CT molecular complexity index is 545. The third-order valence-corrected chi connectivity index (χ3v) is 3.90. The first-order valence-corrected chi connectivity index (χ1v) is 7.23. The fraction of sp³-hybridized carbons (Fsp3) is 0.467. The first kappa shape index (κ1) is 15.0. The van der Waals surface area contributed by atoms with E-state index in [-0.39, 0.29) is 0 Å². The summed E-state index contributed by atoms with van der Waals surface area (Å²) in [5, 5.41) is 8.05. The SMILES string of the molecule is Cc1n[nH]c(C)c1CCCN(C)Cc1cnccc1Cl. The van der Waals surface area contributed by atoms with E-state index < -0.39 is 0 Å². The van der Waals surface area contributed by atoms with Crippen LogP contribution in [0.5, 0.6) is 0 Å². The highest BCUT2D eigenvalue weighted by molar-refractivity contribution is 6.31. The van der Waals surface area contributed by atoms with Crippen LogP contribution >= 0.6 is 11.6 Å². The van der Waals surface area contributed by atoms with E-state index in [9.17, 15) is 0 Å². The Morgan fingerprint density at radius 1 is 1.35 bits per heavy atom. The molecule has 108 valence electrons. The quantitative estimate of drug-likeness (QED) is 0.889. The molecule has 0 unspecified atom stereocenters. The maximum atomic E-state index is 6.15. The van der Waals surface area contributed by atoms with Gasteiger partial charge in [-0.2, -0.15) is 5.10 Å². The Morgan fingerprint density at radius 3 is 2.80 bits per heavy atom. The Morgan fingerprint density at radius 2 is 2.15 bits per heavy atom. The van der Waals surface area contributed by atoms with Gasteiger partial charge in [0.2, 0.25) is 0 Å². The third-order valence-electron chi connectivity index (χ3n) is 3.53. The second-order valence-corrected chi connectivity index (χ2v) is 5.63. The van der Waals surface area contributed by atoms with Gasteiger partial charge in [-0.15, -0.1) is 0 Å². The van der Waals surface area contributed by atoms with Crippen molar-refractivity contribution in [3.8, 4) is 0 Å². The Labute approximate surface area is 125 Å². The summed E-state index contributed by atoms with van der Waals surface area (Å²) in [7, 11) is 2.11. The lowest BCUT2D eigenvalue weighted by Gasteiger charge is -2.17. The minimum Gasteiger partial charge on any atom is -0.302 e. The van der Waals surface area contributed by atoms with Crippen LogP contribution in [0.1, 0.15) is 28.9 Å². The lowest BCUT2D eigenvalue weighted by atomic mass is 10.1. The molecule has 4 nitrogen and oxygen atoms in total. The molecule has 0 aliphatic heterocycles. The van der Waals surface area contributed by atoms with Gasteiger partial charge in [0.05, 0.1) is 5.69 Å². The lowest BCUT2D eigenvalue weighted by molar-refractivity contribution is 0.322. The summed E-state index contributed by atoms with van der Waals surface area (Å²) in [5.74, 6) is 0. The standard InChI is InChI=1S/C15H21ClN4/c1-11-14(12(2)19-18-11)5-4-8-20(3)10-13-9-17-7-6-15(13)16/h6-7,9H,4-5,8,10H2,1-3H3,(H,18,19). The van der Waals surface area contributed by atoms with Crippen LogP contribution in [-0.4, -0.2) is 33.7 Å². The number of nitrogens with zero attached hydrogens (tertiary/aromatic N) is 3. The highest BCUT2D eigenvalue weighted by Gasteiger charge is 2.08. The number of hydrogen-bond acceptors (Lipinski definition) is 3. The van der Waals surface area contributed by atoms with Gasteiger partial charge in [0, 0.05) is 35.2 Å². The summed E-state index contributed by atoms with van der Waals surface area (Å²) in [5.41, 5.74) is 4.71. The molecule has 0 saturated heterocycles. The van der Waals surface area contributed by atoms with Crippen molar-refractivity contribution in [2.45, 2.75) is 33.2 Å². The fourth-order valence-corrected chi connectivity index (χ4v) is 2.53. The van der Waals surface area contributed by atoms with Gasteiger partial charge < -0.3 is 4.90 Å². The van der Waals surface area contributed by atoms with Crippen LogP contribution in [0.25, 0.3) is 0 Å². The van der Waals surface area contributed by atoms with E-state index in [0.29, 0.717) is 0 Å². The van der Waals surface area contributed by atoms with Crippen molar-refractivity contribution in [3.05, 3.63) is 46.0 Å². The zero-order valence-corrected chi connectivity index (χ0v) is 13.0. The molecule has 0 bridgehead atoms. The van der Waals surface area contributed by atoms with Gasteiger partial charge in [-0.25, -0.2) is 0 Å². The second-order valence-electron chi connectivity index (χ2n) is 5.22. The van der Waals surface area contributed by atoms with E-state index in [2.05, 4.69) is 41.0 Å². The summed E-state index contributed by atoms with van der Waals surface area (Å²) < 4.78 is 0. The summed E-state index contributed by atoms with van der Waals surface area (Å²) in [4.78, 5) is 6.39. The van der Waals surface area contributed by atoms with E-state index in [4.69, 9.17) is 11.6 Å². The van der Waals surface area contributed by atoms with Crippen LogP contribution in [0.4, 0.5) is 0 Å². The summed E-state index contributed by atoms with van der Waals surface area (Å²) in [6.45, 7) is 5.98. The minimum absolute atomic E-state index is 0.786. The normalized spacial score (nSPS) is 11.2. The van der Waals surface area contributed by atoms with Crippen molar-refractivity contribution in [1.82, 2.24) is 20.1 Å². The molecule has 2 aromatic heterocycles. The van der Waals surface area contributed by atoms with Gasteiger partial charge in [0.25, 0.3) is 0 Å². The topological polar surface area (TPSA) is 44.8 Å². The second kappa shape index (κ2) is 6.86. The third kappa shape index (κ3) is 3.81. The average Bonchev–Trinajstić information content (AvgIpc) is 2.73. The molecule has 2 heterocycles. The van der Waals surface area contributed by atoms with Crippen LogP contribution in [0.2, 0.25) is 5.02 Å². The number of H-pyrrole nitrogens is 1. The Hall–Kier alpha value is -1.39. The summed E-state index contributed by atoms with van der Waals surface area (Å²) >= 11 is 6.15. The average molecular weight is 293 g/mol. The van der Waals surface area contributed by atoms with Gasteiger partial charge in [0.15, 0.2) is 0 Å². The maximum Gasteiger partial charge on any atom is 0.0625 e. The molecule has 0 aliphatic rings. The molecule has 0 fully saturated rings.